The first-order valence-electron chi connectivity index (χ1n) is 3.07. The van der Waals surface area contributed by atoms with Crippen LogP contribution in [0.1, 0.15) is 6.92 Å². The van der Waals surface area contributed by atoms with Gasteiger partial charge in [-0.15, -0.1) is 0 Å². The van der Waals surface area contributed by atoms with E-state index in [1.54, 1.807) is 4.90 Å². The lowest BCUT2D eigenvalue weighted by atomic mass is 9.92. The van der Waals surface area contributed by atoms with Crippen LogP contribution in [0.2, 0.25) is 0 Å². The Balaban J connectivity index is 2.34. The molecule has 50 valence electrons. The van der Waals surface area contributed by atoms with Crippen molar-refractivity contribution in [2.75, 3.05) is 13.2 Å². The molecule has 1 aliphatic rings. The molecular formula is C6H10N2O. The highest BCUT2D eigenvalue weighted by Gasteiger charge is 2.33. The molecule has 3 heteroatoms. The first-order chi connectivity index (χ1) is 4.29. The third kappa shape index (κ3) is 0.859. The van der Waals surface area contributed by atoms with Gasteiger partial charge in [0.15, 0.2) is 6.19 Å². The van der Waals surface area contributed by atoms with E-state index in [2.05, 4.69) is 0 Å². The van der Waals surface area contributed by atoms with Crippen LogP contribution in [0.5, 0.6) is 0 Å². The molecule has 1 aliphatic heterocycles. The summed E-state index contributed by atoms with van der Waals surface area (Å²) in [4.78, 5) is 1.67. The van der Waals surface area contributed by atoms with Gasteiger partial charge in [0.25, 0.3) is 0 Å². The first-order valence-corrected chi connectivity index (χ1v) is 3.07. The lowest BCUT2D eigenvalue weighted by Gasteiger charge is -2.41. The van der Waals surface area contributed by atoms with Gasteiger partial charge < -0.3 is 10.0 Å². The van der Waals surface area contributed by atoms with Crippen LogP contribution in [0, 0.1) is 17.4 Å². The standard InChI is InChI=1S/C6H10N2O/c1-5-6(3-9)2-8(5)4-7/h5-6,9H,2-3H2,1H3. The van der Waals surface area contributed by atoms with Crippen LogP contribution in [-0.4, -0.2) is 29.2 Å². The quantitative estimate of drug-likeness (QED) is 0.494. The topological polar surface area (TPSA) is 47.3 Å². The number of likely N-dealkylation sites (tertiary alicyclic amines) is 1. The Morgan fingerprint density at radius 3 is 2.89 bits per heavy atom. The van der Waals surface area contributed by atoms with E-state index >= 15 is 0 Å². The average molecular weight is 126 g/mol. The number of hydrogen-bond donors (Lipinski definition) is 1. The average Bonchev–Trinajstić information content (AvgIpc) is 1.87. The summed E-state index contributed by atoms with van der Waals surface area (Å²) in [5.74, 6) is 0.324. The van der Waals surface area contributed by atoms with Crippen molar-refractivity contribution in [2.24, 2.45) is 5.92 Å². The zero-order valence-electron chi connectivity index (χ0n) is 5.41. The number of aliphatic hydroxyl groups is 1. The molecule has 1 heterocycles. The Kier molecular flexibility index (Phi) is 1.58. The van der Waals surface area contributed by atoms with E-state index < -0.39 is 0 Å². The van der Waals surface area contributed by atoms with Gasteiger partial charge in [0.05, 0.1) is 0 Å². The van der Waals surface area contributed by atoms with Crippen LogP contribution in [0.4, 0.5) is 0 Å². The zero-order chi connectivity index (χ0) is 6.85. The van der Waals surface area contributed by atoms with Gasteiger partial charge in [0, 0.05) is 25.1 Å². The molecule has 9 heavy (non-hydrogen) atoms. The van der Waals surface area contributed by atoms with Crippen LogP contribution in [0.15, 0.2) is 0 Å². The molecule has 0 amide bonds. The molecule has 1 rings (SSSR count). The first kappa shape index (κ1) is 6.37. The van der Waals surface area contributed by atoms with Gasteiger partial charge in [-0.2, -0.15) is 5.26 Å². The van der Waals surface area contributed by atoms with Crippen molar-refractivity contribution >= 4 is 0 Å². The monoisotopic (exact) mass is 126 g/mol. The molecule has 2 atom stereocenters. The number of aliphatic hydroxyl groups excluding tert-OH is 1. The van der Waals surface area contributed by atoms with E-state index in [0.717, 1.165) is 6.54 Å². The zero-order valence-corrected chi connectivity index (χ0v) is 5.41. The summed E-state index contributed by atoms with van der Waals surface area (Å²) in [6.07, 6.45) is 2.04. The van der Waals surface area contributed by atoms with Gasteiger partial charge in [0.1, 0.15) is 0 Å². The van der Waals surface area contributed by atoms with Crippen molar-refractivity contribution in [3.8, 4) is 6.19 Å². The molecule has 0 aromatic carbocycles. The van der Waals surface area contributed by atoms with Crippen molar-refractivity contribution in [3.05, 3.63) is 0 Å². The predicted octanol–water partition coefficient (Wildman–Crippen LogP) is -0.220. The molecule has 3 nitrogen and oxygen atoms in total. The van der Waals surface area contributed by atoms with Crippen molar-refractivity contribution in [2.45, 2.75) is 13.0 Å². The van der Waals surface area contributed by atoms with E-state index in [0.29, 0.717) is 5.92 Å². The molecule has 0 aromatic heterocycles. The summed E-state index contributed by atoms with van der Waals surface area (Å²) in [7, 11) is 0. The Bertz CT molecular complexity index is 140. The fraction of sp³-hybridized carbons (Fsp3) is 0.833. The normalized spacial score (nSPS) is 33.2. The molecule has 1 fully saturated rings. The molecule has 1 saturated heterocycles. The van der Waals surface area contributed by atoms with E-state index in [9.17, 15) is 0 Å². The largest absolute Gasteiger partial charge is 0.396 e. The fourth-order valence-electron chi connectivity index (χ4n) is 1.03. The van der Waals surface area contributed by atoms with Crippen LogP contribution in [0.3, 0.4) is 0 Å². The minimum atomic E-state index is 0.208. The highest BCUT2D eigenvalue weighted by molar-refractivity contribution is 4.95. The van der Waals surface area contributed by atoms with Crippen molar-refractivity contribution in [1.82, 2.24) is 4.90 Å². The Labute approximate surface area is 54.5 Å². The third-order valence-corrected chi connectivity index (χ3v) is 1.97. The molecule has 0 aliphatic carbocycles. The van der Waals surface area contributed by atoms with E-state index in [4.69, 9.17) is 10.4 Å². The second-order valence-corrected chi connectivity index (χ2v) is 2.44. The minimum absolute atomic E-state index is 0.208. The van der Waals surface area contributed by atoms with Crippen molar-refractivity contribution in [3.63, 3.8) is 0 Å². The van der Waals surface area contributed by atoms with E-state index in [1.807, 2.05) is 13.1 Å². The van der Waals surface area contributed by atoms with E-state index in [1.165, 1.54) is 0 Å². The Morgan fingerprint density at radius 2 is 2.56 bits per heavy atom. The van der Waals surface area contributed by atoms with Crippen molar-refractivity contribution in [1.29, 1.82) is 5.26 Å². The maximum atomic E-state index is 8.63. The second-order valence-electron chi connectivity index (χ2n) is 2.44. The van der Waals surface area contributed by atoms with Gasteiger partial charge in [-0.3, -0.25) is 0 Å². The van der Waals surface area contributed by atoms with Crippen LogP contribution >= 0.6 is 0 Å². The maximum Gasteiger partial charge on any atom is 0.179 e. The maximum absolute atomic E-state index is 8.63. The molecule has 0 aromatic rings. The summed E-state index contributed by atoms with van der Waals surface area (Å²) in [5.41, 5.74) is 0. The molecule has 1 N–H and O–H groups in total. The lowest BCUT2D eigenvalue weighted by Crippen LogP contribution is -2.53. The highest BCUT2D eigenvalue weighted by atomic mass is 16.3. The molecular weight excluding hydrogens is 116 g/mol. The molecule has 0 radical (unpaired) electrons. The molecule has 0 spiro atoms. The summed E-state index contributed by atoms with van der Waals surface area (Å²) in [6, 6.07) is 0.250. The molecule has 0 bridgehead atoms. The summed E-state index contributed by atoms with van der Waals surface area (Å²) in [5, 5.41) is 17.0. The summed E-state index contributed by atoms with van der Waals surface area (Å²) < 4.78 is 0. The SMILES string of the molecule is CC1C(CO)CN1C#N. The van der Waals surface area contributed by atoms with Gasteiger partial charge in [-0.05, 0) is 6.92 Å². The number of rotatable bonds is 1. The second kappa shape index (κ2) is 2.24. The smallest absolute Gasteiger partial charge is 0.179 e. The van der Waals surface area contributed by atoms with Crippen LogP contribution in [0.25, 0.3) is 0 Å². The van der Waals surface area contributed by atoms with Crippen molar-refractivity contribution < 1.29 is 5.11 Å². The van der Waals surface area contributed by atoms with Gasteiger partial charge in [-0.1, -0.05) is 0 Å². The van der Waals surface area contributed by atoms with Gasteiger partial charge >= 0.3 is 0 Å². The van der Waals surface area contributed by atoms with Gasteiger partial charge in [0.2, 0.25) is 0 Å². The predicted molar refractivity (Wildman–Crippen MR) is 32.4 cm³/mol. The number of nitrogens with zero attached hydrogens (tertiary/aromatic N) is 2. The Morgan fingerprint density at radius 1 is 1.89 bits per heavy atom. The number of hydrogen-bond acceptors (Lipinski definition) is 3. The molecule has 0 saturated carbocycles. The van der Waals surface area contributed by atoms with Crippen LogP contribution in [-0.2, 0) is 0 Å². The fourth-order valence-corrected chi connectivity index (χ4v) is 1.03. The van der Waals surface area contributed by atoms with E-state index in [-0.39, 0.29) is 12.6 Å². The lowest BCUT2D eigenvalue weighted by molar-refractivity contribution is 0.0387. The van der Waals surface area contributed by atoms with Gasteiger partial charge in [-0.25, -0.2) is 0 Å². The highest BCUT2D eigenvalue weighted by Crippen LogP contribution is 2.21. The number of nitriles is 1. The molecule has 2 unspecified atom stereocenters. The third-order valence-electron chi connectivity index (χ3n) is 1.97. The van der Waals surface area contributed by atoms with Crippen LogP contribution < -0.4 is 0 Å². The summed E-state index contributed by atoms with van der Waals surface area (Å²) >= 11 is 0. The minimum Gasteiger partial charge on any atom is -0.396 e. The Hall–Kier alpha value is -0.750. The summed E-state index contributed by atoms with van der Waals surface area (Å²) in [6.45, 7) is 2.89.